The third-order valence-corrected chi connectivity index (χ3v) is 4.44. The van der Waals surface area contributed by atoms with Crippen molar-refractivity contribution in [2.45, 2.75) is 32.8 Å². The van der Waals surface area contributed by atoms with Gasteiger partial charge in [0, 0.05) is 42.5 Å². The Morgan fingerprint density at radius 1 is 1.15 bits per heavy atom. The van der Waals surface area contributed by atoms with Crippen LogP contribution in [0.3, 0.4) is 0 Å². The third kappa shape index (κ3) is 5.76. The first-order chi connectivity index (χ1) is 13.0. The van der Waals surface area contributed by atoms with Gasteiger partial charge in [-0.3, -0.25) is 4.79 Å². The van der Waals surface area contributed by atoms with E-state index in [1.54, 1.807) is 12.1 Å². The largest absolute Gasteiger partial charge is 0.386 e. The molecule has 2 N–H and O–H groups in total. The van der Waals surface area contributed by atoms with Crippen molar-refractivity contribution in [3.63, 3.8) is 0 Å². The molecule has 2 aromatic carbocycles. The lowest BCUT2D eigenvalue weighted by Crippen LogP contribution is -2.29. The summed E-state index contributed by atoms with van der Waals surface area (Å²) in [6, 6.07) is 10.2. The molecule has 1 amide bonds. The summed E-state index contributed by atoms with van der Waals surface area (Å²) in [5, 5.41) is 12.6. The first-order valence-electron chi connectivity index (χ1n) is 9.22. The number of halogens is 2. The molecule has 0 saturated carbocycles. The maximum Gasteiger partial charge on any atom is 0.251 e. The summed E-state index contributed by atoms with van der Waals surface area (Å²) < 4.78 is 26.6. The zero-order valence-corrected chi connectivity index (χ0v) is 15.7. The Balaban J connectivity index is 1.95. The van der Waals surface area contributed by atoms with Gasteiger partial charge in [-0.15, -0.1) is 0 Å². The molecule has 0 fully saturated rings. The van der Waals surface area contributed by atoms with Gasteiger partial charge in [0.25, 0.3) is 5.91 Å². The average Bonchev–Trinajstić information content (AvgIpc) is 2.67. The first-order valence-corrected chi connectivity index (χ1v) is 9.22. The molecule has 0 bridgehead atoms. The van der Waals surface area contributed by atoms with Crippen LogP contribution in [0.1, 0.15) is 48.7 Å². The second-order valence-corrected chi connectivity index (χ2v) is 6.37. The fourth-order valence-corrected chi connectivity index (χ4v) is 2.82. The van der Waals surface area contributed by atoms with E-state index in [0.29, 0.717) is 11.6 Å². The van der Waals surface area contributed by atoms with Crippen molar-refractivity contribution in [2.75, 3.05) is 24.5 Å². The lowest BCUT2D eigenvalue weighted by molar-refractivity contribution is 0.0914. The van der Waals surface area contributed by atoms with Crippen LogP contribution in [0.25, 0.3) is 0 Å². The van der Waals surface area contributed by atoms with Crippen LogP contribution >= 0.6 is 0 Å². The van der Waals surface area contributed by atoms with Gasteiger partial charge in [-0.1, -0.05) is 19.4 Å². The number of rotatable bonds is 9. The molecule has 6 heteroatoms. The van der Waals surface area contributed by atoms with Gasteiger partial charge < -0.3 is 15.3 Å². The molecule has 0 radical (unpaired) electrons. The van der Waals surface area contributed by atoms with Crippen molar-refractivity contribution >= 4 is 11.6 Å². The molecule has 0 aliphatic carbocycles. The average molecular weight is 376 g/mol. The second kappa shape index (κ2) is 10.0. The number of hydrogen-bond donors (Lipinski definition) is 2. The van der Waals surface area contributed by atoms with Gasteiger partial charge in [0.15, 0.2) is 0 Å². The molecule has 0 saturated heterocycles. The summed E-state index contributed by atoms with van der Waals surface area (Å²) in [5.74, 6) is -1.92. The molecular formula is C21H26F2N2O2. The maximum atomic E-state index is 13.7. The fraction of sp³-hybridized carbons (Fsp3) is 0.381. The van der Waals surface area contributed by atoms with E-state index in [9.17, 15) is 18.7 Å². The highest BCUT2D eigenvalue weighted by Gasteiger charge is 2.15. The topological polar surface area (TPSA) is 52.6 Å². The molecule has 0 aliphatic heterocycles. The molecule has 27 heavy (non-hydrogen) atoms. The molecule has 4 nitrogen and oxygen atoms in total. The second-order valence-electron chi connectivity index (χ2n) is 6.37. The van der Waals surface area contributed by atoms with E-state index in [4.69, 9.17) is 0 Å². The Kier molecular flexibility index (Phi) is 7.73. The highest BCUT2D eigenvalue weighted by molar-refractivity contribution is 5.94. The quantitative estimate of drug-likeness (QED) is 0.694. The lowest BCUT2D eigenvalue weighted by Gasteiger charge is -2.23. The SMILES string of the molecule is CCCCN(CC)c1ccc(C(=O)NCC(O)c2ccc(F)cc2F)cc1. The van der Waals surface area contributed by atoms with Gasteiger partial charge in [-0.25, -0.2) is 8.78 Å². The van der Waals surface area contributed by atoms with Crippen LogP contribution in [0.4, 0.5) is 14.5 Å². The molecule has 0 aromatic heterocycles. The van der Waals surface area contributed by atoms with Crippen molar-refractivity contribution in [1.29, 1.82) is 0 Å². The van der Waals surface area contributed by atoms with Crippen molar-refractivity contribution in [3.05, 3.63) is 65.2 Å². The Morgan fingerprint density at radius 3 is 2.44 bits per heavy atom. The number of nitrogens with zero attached hydrogens (tertiary/aromatic N) is 1. The summed E-state index contributed by atoms with van der Waals surface area (Å²) in [6.45, 7) is 5.93. The zero-order valence-electron chi connectivity index (χ0n) is 15.7. The number of hydrogen-bond acceptors (Lipinski definition) is 3. The third-order valence-electron chi connectivity index (χ3n) is 4.44. The van der Waals surface area contributed by atoms with E-state index < -0.39 is 17.7 Å². The van der Waals surface area contributed by atoms with Crippen LogP contribution in [0.2, 0.25) is 0 Å². The van der Waals surface area contributed by atoms with E-state index in [1.165, 1.54) is 6.07 Å². The molecular weight excluding hydrogens is 350 g/mol. The smallest absolute Gasteiger partial charge is 0.251 e. The Morgan fingerprint density at radius 2 is 1.85 bits per heavy atom. The Hall–Kier alpha value is -2.47. The molecule has 0 spiro atoms. The normalized spacial score (nSPS) is 11.9. The highest BCUT2D eigenvalue weighted by atomic mass is 19.1. The van der Waals surface area contributed by atoms with Gasteiger partial charge in [-0.05, 0) is 43.7 Å². The predicted octanol–water partition coefficient (Wildman–Crippen LogP) is 4.05. The van der Waals surface area contributed by atoms with E-state index in [2.05, 4.69) is 24.1 Å². The molecule has 2 rings (SSSR count). The van der Waals surface area contributed by atoms with Crippen molar-refractivity contribution in [3.8, 4) is 0 Å². The summed E-state index contributed by atoms with van der Waals surface area (Å²) in [7, 11) is 0. The molecule has 0 aliphatic rings. The van der Waals surface area contributed by atoms with Crippen LogP contribution in [0.15, 0.2) is 42.5 Å². The summed E-state index contributed by atoms with van der Waals surface area (Å²) in [4.78, 5) is 14.5. The van der Waals surface area contributed by atoms with Crippen LogP contribution in [-0.4, -0.2) is 30.6 Å². The van der Waals surface area contributed by atoms with Crippen LogP contribution in [0.5, 0.6) is 0 Å². The fourth-order valence-electron chi connectivity index (χ4n) is 2.82. The van der Waals surface area contributed by atoms with Crippen molar-refractivity contribution in [2.24, 2.45) is 0 Å². The number of unbranched alkanes of at least 4 members (excludes halogenated alkanes) is 1. The number of nitrogens with one attached hydrogen (secondary N) is 1. The highest BCUT2D eigenvalue weighted by Crippen LogP contribution is 2.18. The Bertz CT molecular complexity index is 750. The minimum Gasteiger partial charge on any atom is -0.386 e. The number of amides is 1. The van der Waals surface area contributed by atoms with Crippen molar-refractivity contribution in [1.82, 2.24) is 5.32 Å². The number of aliphatic hydroxyl groups excluding tert-OH is 1. The molecule has 1 unspecified atom stereocenters. The molecule has 2 aromatic rings. The van der Waals surface area contributed by atoms with E-state index >= 15 is 0 Å². The van der Waals surface area contributed by atoms with Gasteiger partial charge in [0.2, 0.25) is 0 Å². The van der Waals surface area contributed by atoms with Gasteiger partial charge in [-0.2, -0.15) is 0 Å². The van der Waals surface area contributed by atoms with E-state index in [0.717, 1.165) is 37.7 Å². The number of aliphatic hydroxyl groups is 1. The van der Waals surface area contributed by atoms with Crippen LogP contribution in [0, 0.1) is 11.6 Å². The van der Waals surface area contributed by atoms with Crippen LogP contribution < -0.4 is 10.2 Å². The standard InChI is InChI=1S/C21H26F2N2O2/c1-3-5-12-25(4-2)17-9-6-15(7-10-17)21(27)24-14-20(26)18-11-8-16(22)13-19(18)23/h6-11,13,20,26H,3-5,12,14H2,1-2H3,(H,24,27). The summed E-state index contributed by atoms with van der Waals surface area (Å²) in [6.07, 6.45) is 0.973. The van der Waals surface area contributed by atoms with Gasteiger partial charge in [0.1, 0.15) is 11.6 Å². The van der Waals surface area contributed by atoms with E-state index in [1.807, 2.05) is 12.1 Å². The van der Waals surface area contributed by atoms with Crippen molar-refractivity contribution < 1.29 is 18.7 Å². The van der Waals surface area contributed by atoms with E-state index in [-0.39, 0.29) is 18.0 Å². The van der Waals surface area contributed by atoms with Gasteiger partial charge >= 0.3 is 0 Å². The van der Waals surface area contributed by atoms with Crippen LogP contribution in [-0.2, 0) is 0 Å². The molecule has 0 heterocycles. The molecule has 1 atom stereocenters. The minimum absolute atomic E-state index is 0.0541. The van der Waals surface area contributed by atoms with Gasteiger partial charge in [0.05, 0.1) is 6.10 Å². The minimum atomic E-state index is -1.25. The summed E-state index contributed by atoms with van der Waals surface area (Å²) >= 11 is 0. The summed E-state index contributed by atoms with van der Waals surface area (Å²) in [5.41, 5.74) is 1.45. The predicted molar refractivity (Wildman–Crippen MR) is 103 cm³/mol. The number of carbonyl (C=O) groups excluding carboxylic acids is 1. The number of carbonyl (C=O) groups is 1. The lowest BCUT2D eigenvalue weighted by atomic mass is 10.1. The molecule has 146 valence electrons. The Labute approximate surface area is 158 Å². The number of anilines is 1. The first kappa shape index (κ1) is 20.8. The maximum absolute atomic E-state index is 13.7. The number of benzene rings is 2. The monoisotopic (exact) mass is 376 g/mol. The zero-order chi connectivity index (χ0) is 19.8.